The van der Waals surface area contributed by atoms with Gasteiger partial charge in [0.2, 0.25) is 12.2 Å². The first-order valence-corrected chi connectivity index (χ1v) is 4.74. The van der Waals surface area contributed by atoms with Crippen molar-refractivity contribution in [1.29, 1.82) is 0 Å². The average molecular weight is 248 g/mol. The Morgan fingerprint density at radius 3 is 2.38 bits per heavy atom. The highest BCUT2D eigenvalue weighted by atomic mass is 35.5. The molecule has 0 heterocycles. The zero-order chi connectivity index (χ0) is 12.3. The third-order valence-electron chi connectivity index (χ3n) is 2.01. The fraction of sp³-hybridized carbons (Fsp3) is 0.200. The standard InChI is InChI=1S/C10H8ClF2NO2/c1-5-7(12)2-6(3-8(5)13)9(16)10(11)14-4-15/h2-4,10H,1H3,(H,14,15). The van der Waals surface area contributed by atoms with Crippen molar-refractivity contribution in [2.24, 2.45) is 0 Å². The van der Waals surface area contributed by atoms with E-state index in [1.54, 1.807) is 0 Å². The molecule has 0 saturated heterocycles. The van der Waals surface area contributed by atoms with Crippen LogP contribution in [-0.2, 0) is 4.79 Å². The van der Waals surface area contributed by atoms with Gasteiger partial charge in [0.1, 0.15) is 11.6 Å². The Bertz CT molecular complexity index is 414. The van der Waals surface area contributed by atoms with E-state index in [-0.39, 0.29) is 17.5 Å². The summed E-state index contributed by atoms with van der Waals surface area (Å²) in [5, 5.41) is 1.99. The van der Waals surface area contributed by atoms with Crippen LogP contribution in [0.1, 0.15) is 15.9 Å². The van der Waals surface area contributed by atoms with Crippen LogP contribution in [-0.4, -0.2) is 17.7 Å². The van der Waals surface area contributed by atoms with Crippen LogP contribution in [0, 0.1) is 18.6 Å². The van der Waals surface area contributed by atoms with Gasteiger partial charge in [-0.3, -0.25) is 9.59 Å². The molecule has 1 unspecified atom stereocenters. The van der Waals surface area contributed by atoms with Gasteiger partial charge in [0.25, 0.3) is 0 Å². The topological polar surface area (TPSA) is 46.2 Å². The van der Waals surface area contributed by atoms with Gasteiger partial charge in [-0.05, 0) is 19.1 Å². The highest BCUT2D eigenvalue weighted by Gasteiger charge is 2.19. The highest BCUT2D eigenvalue weighted by molar-refractivity contribution is 6.34. The number of carbonyl (C=O) groups excluding carboxylic acids is 2. The van der Waals surface area contributed by atoms with Crippen LogP contribution in [0.2, 0.25) is 0 Å². The second-order valence-electron chi connectivity index (χ2n) is 3.08. The maximum absolute atomic E-state index is 13.1. The maximum atomic E-state index is 13.1. The van der Waals surface area contributed by atoms with E-state index in [0.29, 0.717) is 0 Å². The lowest BCUT2D eigenvalue weighted by Crippen LogP contribution is -2.30. The Kier molecular flexibility index (Phi) is 3.95. The number of benzene rings is 1. The first kappa shape index (κ1) is 12.6. The lowest BCUT2D eigenvalue weighted by molar-refractivity contribution is -0.109. The molecule has 0 spiro atoms. The summed E-state index contributed by atoms with van der Waals surface area (Å²) in [6.07, 6.45) is 0.233. The molecule has 0 aliphatic rings. The lowest BCUT2D eigenvalue weighted by Gasteiger charge is -2.08. The van der Waals surface area contributed by atoms with Gasteiger partial charge >= 0.3 is 0 Å². The number of rotatable bonds is 4. The SMILES string of the molecule is Cc1c(F)cc(C(=O)C(Cl)NC=O)cc1F. The number of hydrogen-bond donors (Lipinski definition) is 1. The van der Waals surface area contributed by atoms with Crippen LogP contribution in [0.4, 0.5) is 8.78 Å². The van der Waals surface area contributed by atoms with Crippen molar-refractivity contribution in [2.45, 2.75) is 12.4 Å². The summed E-state index contributed by atoms with van der Waals surface area (Å²) in [7, 11) is 0. The second-order valence-corrected chi connectivity index (χ2v) is 3.51. The molecule has 16 heavy (non-hydrogen) atoms. The molecular formula is C10H8ClF2NO2. The van der Waals surface area contributed by atoms with Crippen molar-refractivity contribution in [2.75, 3.05) is 0 Å². The third-order valence-corrected chi connectivity index (χ3v) is 2.33. The van der Waals surface area contributed by atoms with Crippen molar-refractivity contribution in [3.63, 3.8) is 0 Å². The first-order chi connectivity index (χ1) is 7.47. The zero-order valence-electron chi connectivity index (χ0n) is 8.26. The Hall–Kier alpha value is -1.49. The van der Waals surface area contributed by atoms with Gasteiger partial charge in [0.15, 0.2) is 5.50 Å². The van der Waals surface area contributed by atoms with Gasteiger partial charge in [-0.15, -0.1) is 0 Å². The van der Waals surface area contributed by atoms with Gasteiger partial charge in [-0.2, -0.15) is 0 Å². The number of alkyl halides is 1. The molecule has 0 bridgehead atoms. The molecule has 0 aliphatic carbocycles. The number of hydrogen-bond acceptors (Lipinski definition) is 2. The van der Waals surface area contributed by atoms with E-state index in [0.717, 1.165) is 12.1 Å². The van der Waals surface area contributed by atoms with Gasteiger partial charge in [0.05, 0.1) is 0 Å². The second kappa shape index (κ2) is 5.03. The Morgan fingerprint density at radius 2 is 1.94 bits per heavy atom. The Balaban J connectivity index is 3.05. The fourth-order valence-corrected chi connectivity index (χ4v) is 1.25. The molecule has 1 N–H and O–H groups in total. The molecule has 0 fully saturated rings. The summed E-state index contributed by atoms with van der Waals surface area (Å²) in [5.41, 5.74) is -1.74. The van der Waals surface area contributed by atoms with E-state index in [9.17, 15) is 18.4 Å². The van der Waals surface area contributed by atoms with E-state index in [2.05, 4.69) is 0 Å². The number of nitrogens with one attached hydrogen (secondary N) is 1. The molecule has 6 heteroatoms. The van der Waals surface area contributed by atoms with E-state index in [4.69, 9.17) is 11.6 Å². The van der Waals surface area contributed by atoms with Gasteiger partial charge < -0.3 is 5.32 Å². The predicted octanol–water partition coefficient (Wildman–Crippen LogP) is 1.77. The van der Waals surface area contributed by atoms with Crippen molar-refractivity contribution in [1.82, 2.24) is 5.32 Å². The normalized spacial score (nSPS) is 12.0. The molecule has 1 amide bonds. The smallest absolute Gasteiger partial charge is 0.208 e. The lowest BCUT2D eigenvalue weighted by atomic mass is 10.1. The average Bonchev–Trinajstić information content (AvgIpc) is 2.24. The van der Waals surface area contributed by atoms with E-state index in [1.165, 1.54) is 6.92 Å². The van der Waals surface area contributed by atoms with Crippen LogP contribution < -0.4 is 5.32 Å². The van der Waals surface area contributed by atoms with Crippen LogP contribution in [0.3, 0.4) is 0 Å². The molecule has 0 aromatic heterocycles. The third kappa shape index (κ3) is 2.55. The highest BCUT2D eigenvalue weighted by Crippen LogP contribution is 2.16. The summed E-state index contributed by atoms with van der Waals surface area (Å²) in [5.74, 6) is -2.44. The minimum Gasteiger partial charge on any atom is -0.336 e. The summed E-state index contributed by atoms with van der Waals surface area (Å²) >= 11 is 5.47. The van der Waals surface area contributed by atoms with E-state index < -0.39 is 22.9 Å². The number of Topliss-reactive ketones (excluding diaryl/α,β-unsaturated/α-hetero) is 1. The number of amides is 1. The quantitative estimate of drug-likeness (QED) is 0.381. The Morgan fingerprint density at radius 1 is 1.44 bits per heavy atom. The fourth-order valence-electron chi connectivity index (χ4n) is 1.07. The van der Waals surface area contributed by atoms with E-state index >= 15 is 0 Å². The molecular weight excluding hydrogens is 240 g/mol. The molecule has 1 aromatic carbocycles. The van der Waals surface area contributed by atoms with Crippen molar-refractivity contribution in [3.8, 4) is 0 Å². The largest absolute Gasteiger partial charge is 0.336 e. The molecule has 86 valence electrons. The van der Waals surface area contributed by atoms with Crippen LogP contribution in [0.5, 0.6) is 0 Å². The monoisotopic (exact) mass is 247 g/mol. The van der Waals surface area contributed by atoms with Gasteiger partial charge in [0, 0.05) is 11.1 Å². The predicted molar refractivity (Wildman–Crippen MR) is 54.3 cm³/mol. The van der Waals surface area contributed by atoms with Crippen molar-refractivity contribution < 1.29 is 18.4 Å². The summed E-state index contributed by atoms with van der Waals surface area (Å²) in [6.45, 7) is 1.25. The van der Waals surface area contributed by atoms with Crippen LogP contribution in [0.15, 0.2) is 12.1 Å². The van der Waals surface area contributed by atoms with Crippen molar-refractivity contribution >= 4 is 23.8 Å². The maximum Gasteiger partial charge on any atom is 0.208 e. The summed E-state index contributed by atoms with van der Waals surface area (Å²) in [6, 6.07) is 1.76. The van der Waals surface area contributed by atoms with E-state index in [1.807, 2.05) is 5.32 Å². The molecule has 1 aromatic rings. The summed E-state index contributed by atoms with van der Waals surface area (Å²) < 4.78 is 26.2. The van der Waals surface area contributed by atoms with Gasteiger partial charge in [-0.1, -0.05) is 11.6 Å². The number of carbonyl (C=O) groups is 2. The number of ketones is 1. The van der Waals surface area contributed by atoms with Crippen LogP contribution >= 0.6 is 11.6 Å². The first-order valence-electron chi connectivity index (χ1n) is 4.31. The van der Waals surface area contributed by atoms with Gasteiger partial charge in [-0.25, -0.2) is 8.78 Å². The molecule has 1 atom stereocenters. The van der Waals surface area contributed by atoms with Crippen molar-refractivity contribution in [3.05, 3.63) is 34.9 Å². The minimum atomic E-state index is -1.33. The zero-order valence-corrected chi connectivity index (χ0v) is 9.02. The molecule has 0 aliphatic heterocycles. The molecule has 0 radical (unpaired) electrons. The van der Waals surface area contributed by atoms with Crippen LogP contribution in [0.25, 0.3) is 0 Å². The minimum absolute atomic E-state index is 0.175. The summed E-state index contributed by atoms with van der Waals surface area (Å²) in [4.78, 5) is 21.5. The Labute approximate surface area is 95.4 Å². The molecule has 0 saturated carbocycles. The number of halogens is 3. The molecule has 3 nitrogen and oxygen atoms in total. The molecule has 1 rings (SSSR count).